The van der Waals surface area contributed by atoms with E-state index in [1.165, 1.54) is 12.1 Å². The van der Waals surface area contributed by atoms with Crippen LogP contribution >= 0.6 is 0 Å². The van der Waals surface area contributed by atoms with Gasteiger partial charge in [0.25, 0.3) is 0 Å². The third kappa shape index (κ3) is 3.89. The van der Waals surface area contributed by atoms with Gasteiger partial charge in [-0.05, 0) is 69.0 Å². The van der Waals surface area contributed by atoms with E-state index in [4.69, 9.17) is 4.42 Å². The minimum Gasteiger partial charge on any atom is -0.420 e. The van der Waals surface area contributed by atoms with Gasteiger partial charge in [0.2, 0.25) is 21.8 Å². The van der Waals surface area contributed by atoms with Gasteiger partial charge in [-0.1, -0.05) is 17.7 Å². The first-order valence-electron chi connectivity index (χ1n) is 9.93. The molecule has 1 aliphatic heterocycles. The Morgan fingerprint density at radius 2 is 1.60 bits per heavy atom. The maximum absolute atomic E-state index is 13.2. The lowest BCUT2D eigenvalue weighted by Gasteiger charge is -2.30. The average molecular weight is 430 g/mol. The molecule has 0 amide bonds. The van der Waals surface area contributed by atoms with Gasteiger partial charge < -0.3 is 4.42 Å². The number of hydrogen-bond donors (Lipinski definition) is 0. The summed E-state index contributed by atoms with van der Waals surface area (Å²) in [4.78, 5) is 0.405. The summed E-state index contributed by atoms with van der Waals surface area (Å²) in [6.07, 6.45) is 1.21. The Labute approximate surface area is 175 Å². The van der Waals surface area contributed by atoms with Crippen LogP contribution < -0.4 is 0 Å². The molecule has 158 valence electrons. The maximum atomic E-state index is 13.2. The summed E-state index contributed by atoms with van der Waals surface area (Å²) in [6, 6.07) is 9.68. The van der Waals surface area contributed by atoms with E-state index in [0.29, 0.717) is 48.2 Å². The summed E-state index contributed by atoms with van der Waals surface area (Å²) in [7, 11) is -3.56. The van der Waals surface area contributed by atoms with Crippen LogP contribution in [-0.2, 0) is 10.0 Å². The molecule has 2 aromatic carbocycles. The summed E-state index contributed by atoms with van der Waals surface area (Å²) in [5.41, 5.74) is 3.25. The maximum Gasteiger partial charge on any atom is 0.247 e. The third-order valence-corrected chi connectivity index (χ3v) is 7.74. The minimum absolute atomic E-state index is 0.00152. The standard InChI is InChI=1S/C22H24FN3O3S/c1-14-12-15(2)20(16(3)13-14)30(27,28)26-10-8-18(9-11-26)22-25-24-21(29-22)17-4-6-19(23)7-5-17/h4-7,12-13,18H,8-11H2,1-3H3. The fourth-order valence-electron chi connectivity index (χ4n) is 4.15. The van der Waals surface area contributed by atoms with Crippen LogP contribution in [0, 0.1) is 26.6 Å². The zero-order valence-corrected chi connectivity index (χ0v) is 18.0. The molecule has 0 bridgehead atoms. The van der Waals surface area contributed by atoms with Crippen molar-refractivity contribution in [2.45, 2.75) is 44.4 Å². The topological polar surface area (TPSA) is 76.3 Å². The molecular weight excluding hydrogens is 405 g/mol. The van der Waals surface area contributed by atoms with Gasteiger partial charge in [-0.15, -0.1) is 10.2 Å². The van der Waals surface area contributed by atoms with Gasteiger partial charge >= 0.3 is 0 Å². The van der Waals surface area contributed by atoms with E-state index in [2.05, 4.69) is 10.2 Å². The van der Waals surface area contributed by atoms with E-state index in [0.717, 1.165) is 16.7 Å². The molecule has 0 spiro atoms. The van der Waals surface area contributed by atoms with Crippen molar-refractivity contribution in [3.05, 3.63) is 64.8 Å². The lowest BCUT2D eigenvalue weighted by molar-refractivity contribution is 0.291. The van der Waals surface area contributed by atoms with Gasteiger partial charge in [-0.3, -0.25) is 0 Å². The smallest absolute Gasteiger partial charge is 0.247 e. The van der Waals surface area contributed by atoms with Gasteiger partial charge in [-0.25, -0.2) is 12.8 Å². The van der Waals surface area contributed by atoms with Gasteiger partial charge in [-0.2, -0.15) is 4.31 Å². The van der Waals surface area contributed by atoms with Crippen molar-refractivity contribution in [3.63, 3.8) is 0 Å². The van der Waals surface area contributed by atoms with E-state index < -0.39 is 10.0 Å². The van der Waals surface area contributed by atoms with Crippen LogP contribution in [0.25, 0.3) is 11.5 Å². The largest absolute Gasteiger partial charge is 0.420 e. The average Bonchev–Trinajstić information content (AvgIpc) is 3.18. The second-order valence-corrected chi connectivity index (χ2v) is 9.73. The van der Waals surface area contributed by atoms with Gasteiger partial charge in [0, 0.05) is 24.6 Å². The fraction of sp³-hybridized carbons (Fsp3) is 0.364. The molecule has 8 heteroatoms. The number of aromatic nitrogens is 2. The van der Waals surface area contributed by atoms with Crippen LogP contribution in [0.3, 0.4) is 0 Å². The number of hydrogen-bond acceptors (Lipinski definition) is 5. The Balaban J connectivity index is 1.49. The number of nitrogens with zero attached hydrogens (tertiary/aromatic N) is 3. The number of piperidine rings is 1. The second kappa shape index (κ2) is 7.92. The Morgan fingerprint density at radius 3 is 2.20 bits per heavy atom. The number of aryl methyl sites for hydroxylation is 3. The molecule has 0 radical (unpaired) electrons. The number of rotatable bonds is 4. The molecule has 1 aromatic heterocycles. The Morgan fingerprint density at radius 1 is 1.00 bits per heavy atom. The van der Waals surface area contributed by atoms with E-state index in [-0.39, 0.29) is 11.7 Å². The molecule has 4 rings (SSSR count). The molecule has 2 heterocycles. The SMILES string of the molecule is Cc1cc(C)c(S(=O)(=O)N2CCC(c3nnc(-c4ccc(F)cc4)o3)CC2)c(C)c1. The third-order valence-electron chi connectivity index (χ3n) is 5.54. The Hall–Kier alpha value is -2.58. The van der Waals surface area contributed by atoms with E-state index >= 15 is 0 Å². The molecule has 0 aliphatic carbocycles. The predicted octanol–water partition coefficient (Wildman–Crippen LogP) is 4.37. The highest BCUT2D eigenvalue weighted by Gasteiger charge is 2.33. The van der Waals surface area contributed by atoms with Gasteiger partial charge in [0.1, 0.15) is 5.82 Å². The molecule has 1 aliphatic rings. The van der Waals surface area contributed by atoms with Crippen LogP contribution in [0.5, 0.6) is 0 Å². The molecule has 0 saturated carbocycles. The summed E-state index contributed by atoms with van der Waals surface area (Å²) in [5.74, 6) is 0.504. The van der Waals surface area contributed by atoms with Crippen molar-refractivity contribution in [2.24, 2.45) is 0 Å². The van der Waals surface area contributed by atoms with Crippen molar-refractivity contribution in [2.75, 3.05) is 13.1 Å². The number of halogens is 1. The van der Waals surface area contributed by atoms with E-state index in [9.17, 15) is 12.8 Å². The first-order chi connectivity index (χ1) is 14.3. The molecule has 1 fully saturated rings. The van der Waals surface area contributed by atoms with Crippen LogP contribution in [-0.4, -0.2) is 36.0 Å². The summed E-state index contributed by atoms with van der Waals surface area (Å²) < 4.78 is 46.9. The summed E-state index contributed by atoms with van der Waals surface area (Å²) in [5, 5.41) is 8.21. The number of sulfonamides is 1. The lowest BCUT2D eigenvalue weighted by atomic mass is 9.98. The first kappa shape index (κ1) is 20.7. The zero-order chi connectivity index (χ0) is 21.5. The predicted molar refractivity (Wildman–Crippen MR) is 111 cm³/mol. The molecule has 0 N–H and O–H groups in total. The highest BCUT2D eigenvalue weighted by Crippen LogP contribution is 2.33. The first-order valence-corrected chi connectivity index (χ1v) is 11.4. The molecular formula is C22H24FN3O3S. The highest BCUT2D eigenvalue weighted by molar-refractivity contribution is 7.89. The molecule has 6 nitrogen and oxygen atoms in total. The molecule has 30 heavy (non-hydrogen) atoms. The van der Waals surface area contributed by atoms with Crippen LogP contribution in [0.15, 0.2) is 45.7 Å². The van der Waals surface area contributed by atoms with E-state index in [1.54, 1.807) is 16.4 Å². The molecule has 0 unspecified atom stereocenters. The van der Waals surface area contributed by atoms with Crippen molar-refractivity contribution in [1.82, 2.24) is 14.5 Å². The second-order valence-electron chi connectivity index (χ2n) is 7.86. The van der Waals surface area contributed by atoms with Crippen LogP contribution in [0.1, 0.15) is 41.3 Å². The van der Waals surface area contributed by atoms with Crippen molar-refractivity contribution in [3.8, 4) is 11.5 Å². The number of benzene rings is 2. The van der Waals surface area contributed by atoms with Crippen LogP contribution in [0.4, 0.5) is 4.39 Å². The fourth-order valence-corrected chi connectivity index (χ4v) is 6.04. The quantitative estimate of drug-likeness (QED) is 0.616. The molecule has 0 atom stereocenters. The Bertz CT molecular complexity index is 1140. The zero-order valence-electron chi connectivity index (χ0n) is 17.2. The minimum atomic E-state index is -3.56. The van der Waals surface area contributed by atoms with Gasteiger partial charge in [0.15, 0.2) is 0 Å². The van der Waals surface area contributed by atoms with Crippen LogP contribution in [0.2, 0.25) is 0 Å². The van der Waals surface area contributed by atoms with Crippen molar-refractivity contribution < 1.29 is 17.2 Å². The summed E-state index contributed by atoms with van der Waals surface area (Å²) >= 11 is 0. The monoisotopic (exact) mass is 429 g/mol. The summed E-state index contributed by atoms with van der Waals surface area (Å²) in [6.45, 7) is 6.44. The lowest BCUT2D eigenvalue weighted by Crippen LogP contribution is -2.38. The molecule has 3 aromatic rings. The van der Waals surface area contributed by atoms with Crippen molar-refractivity contribution in [1.29, 1.82) is 0 Å². The van der Waals surface area contributed by atoms with E-state index in [1.807, 2.05) is 32.9 Å². The normalized spacial score (nSPS) is 16.1. The van der Waals surface area contributed by atoms with Crippen molar-refractivity contribution >= 4 is 10.0 Å². The highest BCUT2D eigenvalue weighted by atomic mass is 32.2. The molecule has 1 saturated heterocycles. The Kier molecular flexibility index (Phi) is 5.46. The van der Waals surface area contributed by atoms with Gasteiger partial charge in [0.05, 0.1) is 4.90 Å².